The maximum Gasteiger partial charge on any atom is 0.265 e. The fraction of sp³-hybridized carbons (Fsp3) is 0.667. The highest BCUT2D eigenvalue weighted by molar-refractivity contribution is 7.13. The molecule has 0 aliphatic carbocycles. The number of nitrogens with two attached hydrogens (primary N) is 1. The zero-order valence-corrected chi connectivity index (χ0v) is 11.2. The van der Waals surface area contributed by atoms with E-state index in [9.17, 15) is 4.79 Å². The van der Waals surface area contributed by atoms with E-state index in [0.717, 1.165) is 35.7 Å². The summed E-state index contributed by atoms with van der Waals surface area (Å²) in [5.74, 6) is 0.113. The molecule has 1 aliphatic heterocycles. The van der Waals surface area contributed by atoms with Crippen LogP contribution in [0, 0.1) is 0 Å². The number of likely N-dealkylation sites (tertiary alicyclic amines) is 1. The number of hydrogen-bond acceptors (Lipinski definition) is 4. The molecule has 1 saturated heterocycles. The number of hydrogen-bond donors (Lipinski definition) is 1. The molecule has 1 amide bonds. The van der Waals surface area contributed by atoms with Gasteiger partial charge in [0.05, 0.1) is 11.2 Å². The molecule has 0 aromatic carbocycles. The van der Waals surface area contributed by atoms with Crippen LogP contribution in [0.5, 0.6) is 0 Å². The molecule has 4 nitrogen and oxygen atoms in total. The molecule has 0 saturated carbocycles. The maximum atomic E-state index is 12.3. The molecule has 2 N–H and O–H groups in total. The summed E-state index contributed by atoms with van der Waals surface area (Å²) in [6.45, 7) is 4.88. The Balaban J connectivity index is 2.09. The third-order valence-electron chi connectivity index (χ3n) is 3.24. The monoisotopic (exact) mass is 253 g/mol. The van der Waals surface area contributed by atoms with Gasteiger partial charge in [-0.05, 0) is 26.2 Å². The molecule has 17 heavy (non-hydrogen) atoms. The first-order valence-corrected chi connectivity index (χ1v) is 6.94. The van der Waals surface area contributed by atoms with Crippen molar-refractivity contribution < 1.29 is 4.79 Å². The van der Waals surface area contributed by atoms with Crippen LogP contribution in [0.15, 0.2) is 6.20 Å². The van der Waals surface area contributed by atoms with Crippen LogP contribution in [-0.4, -0.2) is 34.4 Å². The average Bonchev–Trinajstić information content (AvgIpc) is 2.76. The van der Waals surface area contributed by atoms with Gasteiger partial charge in [-0.2, -0.15) is 0 Å². The van der Waals surface area contributed by atoms with E-state index in [0.29, 0.717) is 0 Å². The van der Waals surface area contributed by atoms with Gasteiger partial charge in [0.1, 0.15) is 4.88 Å². The minimum absolute atomic E-state index is 0.113. The summed E-state index contributed by atoms with van der Waals surface area (Å²) in [6.07, 6.45) is 4.38. The minimum Gasteiger partial charge on any atom is -0.335 e. The van der Waals surface area contributed by atoms with Gasteiger partial charge >= 0.3 is 0 Å². The van der Waals surface area contributed by atoms with E-state index in [4.69, 9.17) is 5.73 Å². The van der Waals surface area contributed by atoms with Crippen LogP contribution in [0.3, 0.4) is 0 Å². The third kappa shape index (κ3) is 2.66. The fourth-order valence-corrected chi connectivity index (χ4v) is 3.04. The van der Waals surface area contributed by atoms with Crippen LogP contribution in [0.4, 0.5) is 0 Å². The SMILES string of the molecule is CCc1ncc(C(=O)N2CC[C@H](N)C[C@@H]2C)s1. The van der Waals surface area contributed by atoms with Crippen molar-refractivity contribution in [2.75, 3.05) is 6.54 Å². The Morgan fingerprint density at radius 3 is 3.06 bits per heavy atom. The first-order chi connectivity index (χ1) is 8.11. The van der Waals surface area contributed by atoms with E-state index in [2.05, 4.69) is 18.8 Å². The van der Waals surface area contributed by atoms with Crippen LogP contribution in [0.1, 0.15) is 41.4 Å². The van der Waals surface area contributed by atoms with E-state index in [1.165, 1.54) is 11.3 Å². The van der Waals surface area contributed by atoms with Gasteiger partial charge in [-0.15, -0.1) is 11.3 Å². The van der Waals surface area contributed by atoms with Crippen LogP contribution >= 0.6 is 11.3 Å². The van der Waals surface area contributed by atoms with Gasteiger partial charge in [-0.25, -0.2) is 4.98 Å². The largest absolute Gasteiger partial charge is 0.335 e. The average molecular weight is 253 g/mol. The van der Waals surface area contributed by atoms with Gasteiger partial charge in [0.15, 0.2) is 0 Å². The molecule has 0 radical (unpaired) electrons. The van der Waals surface area contributed by atoms with Crippen molar-refractivity contribution in [2.45, 2.75) is 45.2 Å². The number of thiazole rings is 1. The van der Waals surface area contributed by atoms with E-state index in [-0.39, 0.29) is 18.0 Å². The van der Waals surface area contributed by atoms with Crippen LogP contribution in [0.2, 0.25) is 0 Å². The predicted molar refractivity (Wildman–Crippen MR) is 69.2 cm³/mol. The number of nitrogens with zero attached hydrogens (tertiary/aromatic N) is 2. The second-order valence-electron chi connectivity index (χ2n) is 4.60. The summed E-state index contributed by atoms with van der Waals surface area (Å²) in [6, 6.07) is 0.472. The second kappa shape index (κ2) is 5.14. The first kappa shape index (κ1) is 12.5. The number of carbonyl (C=O) groups is 1. The molecule has 0 bridgehead atoms. The van der Waals surface area contributed by atoms with Crippen molar-refractivity contribution >= 4 is 17.2 Å². The van der Waals surface area contributed by atoms with Crippen molar-refractivity contribution in [2.24, 2.45) is 5.73 Å². The second-order valence-corrected chi connectivity index (χ2v) is 5.72. The standard InChI is InChI=1S/C12H19N3OS/c1-3-11-14-7-10(17-11)12(16)15-5-4-9(13)6-8(15)2/h7-9H,3-6,13H2,1-2H3/t8-,9-/m0/s1. The molecule has 2 atom stereocenters. The van der Waals surface area contributed by atoms with E-state index < -0.39 is 0 Å². The summed E-state index contributed by atoms with van der Waals surface area (Å²) < 4.78 is 0. The Morgan fingerprint density at radius 1 is 1.71 bits per heavy atom. The lowest BCUT2D eigenvalue weighted by Gasteiger charge is -2.36. The number of amides is 1. The molecule has 1 aromatic heterocycles. The molecule has 1 aromatic rings. The number of piperidine rings is 1. The maximum absolute atomic E-state index is 12.3. The van der Waals surface area contributed by atoms with Crippen LogP contribution in [-0.2, 0) is 6.42 Å². The summed E-state index contributed by atoms with van der Waals surface area (Å²) >= 11 is 1.50. The number of rotatable bonds is 2. The normalized spacial score (nSPS) is 25.0. The van der Waals surface area contributed by atoms with Crippen molar-refractivity contribution in [3.63, 3.8) is 0 Å². The lowest BCUT2D eigenvalue weighted by Crippen LogP contribution is -2.48. The van der Waals surface area contributed by atoms with Crippen molar-refractivity contribution in [1.29, 1.82) is 0 Å². The van der Waals surface area contributed by atoms with E-state index in [1.54, 1.807) is 6.20 Å². The molecule has 0 spiro atoms. The summed E-state index contributed by atoms with van der Waals surface area (Å²) in [5.41, 5.74) is 5.90. The smallest absolute Gasteiger partial charge is 0.265 e. The number of aryl methyl sites for hydroxylation is 1. The molecular weight excluding hydrogens is 234 g/mol. The molecule has 94 valence electrons. The van der Waals surface area contributed by atoms with Crippen LogP contribution < -0.4 is 5.73 Å². The highest BCUT2D eigenvalue weighted by Gasteiger charge is 2.28. The summed E-state index contributed by atoms with van der Waals surface area (Å²) in [5, 5.41) is 1.02. The molecule has 1 aliphatic rings. The van der Waals surface area contributed by atoms with E-state index >= 15 is 0 Å². The van der Waals surface area contributed by atoms with Gasteiger partial charge in [-0.1, -0.05) is 6.92 Å². The van der Waals surface area contributed by atoms with E-state index in [1.807, 2.05) is 4.90 Å². The number of carbonyl (C=O) groups excluding carboxylic acids is 1. The molecular formula is C12H19N3OS. The summed E-state index contributed by atoms with van der Waals surface area (Å²) in [4.78, 5) is 19.2. The van der Waals surface area contributed by atoms with Crippen molar-refractivity contribution in [3.8, 4) is 0 Å². The molecule has 2 rings (SSSR count). The molecule has 0 unspecified atom stereocenters. The van der Waals surface area contributed by atoms with Gasteiger partial charge in [0, 0.05) is 18.6 Å². The van der Waals surface area contributed by atoms with Gasteiger partial charge in [0.25, 0.3) is 5.91 Å². The van der Waals surface area contributed by atoms with Crippen molar-refractivity contribution in [3.05, 3.63) is 16.1 Å². The third-order valence-corrected chi connectivity index (χ3v) is 4.37. The molecule has 5 heteroatoms. The van der Waals surface area contributed by atoms with Crippen LogP contribution in [0.25, 0.3) is 0 Å². The van der Waals surface area contributed by atoms with Gasteiger partial charge in [-0.3, -0.25) is 4.79 Å². The fourth-order valence-electron chi connectivity index (χ4n) is 2.22. The Hall–Kier alpha value is -0.940. The molecule has 1 fully saturated rings. The Bertz CT molecular complexity index is 404. The zero-order valence-electron chi connectivity index (χ0n) is 10.3. The Kier molecular flexibility index (Phi) is 3.79. The number of aromatic nitrogens is 1. The summed E-state index contributed by atoms with van der Waals surface area (Å²) in [7, 11) is 0. The topological polar surface area (TPSA) is 59.2 Å². The first-order valence-electron chi connectivity index (χ1n) is 6.13. The minimum atomic E-state index is 0.113. The van der Waals surface area contributed by atoms with Gasteiger partial charge < -0.3 is 10.6 Å². The lowest BCUT2D eigenvalue weighted by atomic mass is 9.99. The Labute approximate surface area is 106 Å². The highest BCUT2D eigenvalue weighted by Crippen LogP contribution is 2.21. The Morgan fingerprint density at radius 2 is 2.47 bits per heavy atom. The van der Waals surface area contributed by atoms with Crippen molar-refractivity contribution in [1.82, 2.24) is 9.88 Å². The lowest BCUT2D eigenvalue weighted by molar-refractivity contribution is 0.0624. The predicted octanol–water partition coefficient (Wildman–Crippen LogP) is 1.66. The zero-order chi connectivity index (χ0) is 12.4. The highest BCUT2D eigenvalue weighted by atomic mass is 32.1. The molecule has 2 heterocycles. The van der Waals surface area contributed by atoms with Gasteiger partial charge in [0.2, 0.25) is 0 Å². The quantitative estimate of drug-likeness (QED) is 0.872.